The summed E-state index contributed by atoms with van der Waals surface area (Å²) in [6.07, 6.45) is 0. The van der Waals surface area contributed by atoms with E-state index in [1.54, 1.807) is 6.92 Å². The SMILES string of the molecule is CC(C(=O)N1CCN(c2ccccc2)CC1)C(N)=S. The molecule has 1 aromatic rings. The molecule has 1 aromatic carbocycles. The first-order valence-electron chi connectivity index (χ1n) is 6.47. The largest absolute Gasteiger partial charge is 0.393 e. The highest BCUT2D eigenvalue weighted by molar-refractivity contribution is 7.80. The number of para-hydroxylation sites is 1. The van der Waals surface area contributed by atoms with Crippen molar-refractivity contribution in [2.75, 3.05) is 31.1 Å². The summed E-state index contributed by atoms with van der Waals surface area (Å²) < 4.78 is 0. The van der Waals surface area contributed by atoms with Gasteiger partial charge < -0.3 is 15.5 Å². The van der Waals surface area contributed by atoms with Gasteiger partial charge in [-0.1, -0.05) is 30.4 Å². The number of amides is 1. The van der Waals surface area contributed by atoms with E-state index in [9.17, 15) is 4.79 Å². The van der Waals surface area contributed by atoms with Crippen molar-refractivity contribution < 1.29 is 4.79 Å². The van der Waals surface area contributed by atoms with Gasteiger partial charge in [-0.3, -0.25) is 4.79 Å². The van der Waals surface area contributed by atoms with E-state index in [-0.39, 0.29) is 16.8 Å². The van der Waals surface area contributed by atoms with E-state index in [1.807, 2.05) is 23.1 Å². The van der Waals surface area contributed by atoms with Crippen molar-refractivity contribution in [2.24, 2.45) is 11.7 Å². The van der Waals surface area contributed by atoms with Crippen LogP contribution in [0.15, 0.2) is 30.3 Å². The molecule has 0 radical (unpaired) electrons. The lowest BCUT2D eigenvalue weighted by molar-refractivity contribution is -0.133. The quantitative estimate of drug-likeness (QED) is 0.845. The minimum atomic E-state index is -0.363. The van der Waals surface area contributed by atoms with Gasteiger partial charge in [0.15, 0.2) is 0 Å². The third-order valence-electron chi connectivity index (χ3n) is 3.51. The fraction of sp³-hybridized carbons (Fsp3) is 0.429. The molecule has 0 aliphatic carbocycles. The fourth-order valence-electron chi connectivity index (χ4n) is 2.22. The van der Waals surface area contributed by atoms with Gasteiger partial charge in [-0.05, 0) is 19.1 Å². The third-order valence-corrected chi connectivity index (χ3v) is 3.86. The van der Waals surface area contributed by atoms with E-state index in [2.05, 4.69) is 17.0 Å². The van der Waals surface area contributed by atoms with Crippen LogP contribution in [0.4, 0.5) is 5.69 Å². The number of rotatable bonds is 3. The predicted octanol–water partition coefficient (Wildman–Crippen LogP) is 1.26. The van der Waals surface area contributed by atoms with Crippen LogP contribution in [-0.2, 0) is 4.79 Å². The lowest BCUT2D eigenvalue weighted by Gasteiger charge is -2.37. The summed E-state index contributed by atoms with van der Waals surface area (Å²) in [5.41, 5.74) is 6.74. The molecule has 1 aliphatic rings. The second-order valence-electron chi connectivity index (χ2n) is 4.77. The molecule has 4 nitrogen and oxygen atoms in total. The van der Waals surface area contributed by atoms with Crippen LogP contribution in [0.25, 0.3) is 0 Å². The number of anilines is 1. The summed E-state index contributed by atoms with van der Waals surface area (Å²) in [4.78, 5) is 16.5. The summed E-state index contributed by atoms with van der Waals surface area (Å²) in [5, 5.41) is 0. The zero-order valence-corrected chi connectivity index (χ0v) is 11.9. The normalized spacial score (nSPS) is 17.1. The van der Waals surface area contributed by atoms with Crippen LogP contribution in [-0.4, -0.2) is 42.0 Å². The minimum Gasteiger partial charge on any atom is -0.393 e. The van der Waals surface area contributed by atoms with Gasteiger partial charge in [0.05, 0.1) is 10.9 Å². The van der Waals surface area contributed by atoms with E-state index in [0.29, 0.717) is 0 Å². The van der Waals surface area contributed by atoms with Crippen LogP contribution in [0.2, 0.25) is 0 Å². The van der Waals surface area contributed by atoms with Crippen LogP contribution in [0.1, 0.15) is 6.92 Å². The Labute approximate surface area is 119 Å². The van der Waals surface area contributed by atoms with Crippen LogP contribution < -0.4 is 10.6 Å². The van der Waals surface area contributed by atoms with Gasteiger partial charge in [-0.2, -0.15) is 0 Å². The van der Waals surface area contributed by atoms with Crippen LogP contribution >= 0.6 is 12.2 Å². The maximum atomic E-state index is 12.1. The molecule has 0 aromatic heterocycles. The molecular weight excluding hydrogens is 258 g/mol. The molecule has 0 spiro atoms. The van der Waals surface area contributed by atoms with E-state index < -0.39 is 0 Å². The van der Waals surface area contributed by atoms with Gasteiger partial charge in [0.25, 0.3) is 0 Å². The van der Waals surface area contributed by atoms with Crippen molar-refractivity contribution in [3.05, 3.63) is 30.3 Å². The van der Waals surface area contributed by atoms with Crippen molar-refractivity contribution in [3.8, 4) is 0 Å². The number of benzene rings is 1. The molecule has 1 saturated heterocycles. The first kappa shape index (κ1) is 13.8. The lowest BCUT2D eigenvalue weighted by Crippen LogP contribution is -2.51. The van der Waals surface area contributed by atoms with Gasteiger partial charge in [-0.15, -0.1) is 0 Å². The van der Waals surface area contributed by atoms with Crippen molar-refractivity contribution >= 4 is 28.8 Å². The molecule has 1 atom stereocenters. The van der Waals surface area contributed by atoms with Crippen LogP contribution in [0, 0.1) is 5.92 Å². The first-order valence-corrected chi connectivity index (χ1v) is 6.88. The molecule has 2 N–H and O–H groups in total. The van der Waals surface area contributed by atoms with Crippen molar-refractivity contribution in [3.63, 3.8) is 0 Å². The Kier molecular flexibility index (Phi) is 4.37. The standard InChI is InChI=1S/C14H19N3OS/c1-11(13(15)19)14(18)17-9-7-16(8-10-17)12-5-3-2-4-6-12/h2-6,11H,7-10H2,1H3,(H2,15,19). The minimum absolute atomic E-state index is 0.0419. The summed E-state index contributed by atoms with van der Waals surface area (Å²) in [5.74, 6) is -0.321. The molecule has 1 aliphatic heterocycles. The number of thiocarbonyl (C=S) groups is 1. The van der Waals surface area contributed by atoms with E-state index >= 15 is 0 Å². The van der Waals surface area contributed by atoms with E-state index in [1.165, 1.54) is 5.69 Å². The highest BCUT2D eigenvalue weighted by atomic mass is 32.1. The van der Waals surface area contributed by atoms with Crippen molar-refractivity contribution in [2.45, 2.75) is 6.92 Å². The molecule has 0 saturated carbocycles. The molecular formula is C14H19N3OS. The van der Waals surface area contributed by atoms with Crippen molar-refractivity contribution in [1.82, 2.24) is 4.90 Å². The molecule has 0 bridgehead atoms. The zero-order chi connectivity index (χ0) is 13.8. The Bertz CT molecular complexity index is 455. The number of carbonyl (C=O) groups is 1. The second kappa shape index (κ2) is 6.02. The van der Waals surface area contributed by atoms with Crippen molar-refractivity contribution in [1.29, 1.82) is 0 Å². The molecule has 2 rings (SSSR count). The Morgan fingerprint density at radius 2 is 1.79 bits per heavy atom. The Morgan fingerprint density at radius 1 is 1.21 bits per heavy atom. The molecule has 1 amide bonds. The van der Waals surface area contributed by atoms with Gasteiger partial charge in [-0.25, -0.2) is 0 Å². The number of carbonyl (C=O) groups excluding carboxylic acids is 1. The van der Waals surface area contributed by atoms with Gasteiger partial charge in [0, 0.05) is 31.9 Å². The number of nitrogens with zero attached hydrogens (tertiary/aromatic N) is 2. The zero-order valence-electron chi connectivity index (χ0n) is 11.1. The fourth-order valence-corrected chi connectivity index (χ4v) is 2.32. The monoisotopic (exact) mass is 277 g/mol. The topological polar surface area (TPSA) is 49.6 Å². The predicted molar refractivity (Wildman–Crippen MR) is 81.2 cm³/mol. The molecule has 5 heteroatoms. The molecule has 1 fully saturated rings. The average Bonchev–Trinajstić information content (AvgIpc) is 2.46. The maximum absolute atomic E-state index is 12.1. The Morgan fingerprint density at radius 3 is 2.32 bits per heavy atom. The highest BCUT2D eigenvalue weighted by Crippen LogP contribution is 2.16. The van der Waals surface area contributed by atoms with Crippen LogP contribution in [0.3, 0.4) is 0 Å². The summed E-state index contributed by atoms with van der Waals surface area (Å²) in [6, 6.07) is 10.3. The Hall–Kier alpha value is -1.62. The Balaban J connectivity index is 1.93. The second-order valence-corrected chi connectivity index (χ2v) is 5.24. The smallest absolute Gasteiger partial charge is 0.232 e. The van der Waals surface area contributed by atoms with Gasteiger partial charge >= 0.3 is 0 Å². The number of hydrogen-bond acceptors (Lipinski definition) is 3. The summed E-state index contributed by atoms with van der Waals surface area (Å²) >= 11 is 4.88. The number of hydrogen-bond donors (Lipinski definition) is 1. The maximum Gasteiger partial charge on any atom is 0.232 e. The molecule has 1 heterocycles. The number of piperazine rings is 1. The lowest BCUT2D eigenvalue weighted by atomic mass is 10.1. The average molecular weight is 277 g/mol. The van der Waals surface area contributed by atoms with Gasteiger partial charge in [0.1, 0.15) is 0 Å². The first-order chi connectivity index (χ1) is 9.09. The van der Waals surface area contributed by atoms with Gasteiger partial charge in [0.2, 0.25) is 5.91 Å². The molecule has 19 heavy (non-hydrogen) atoms. The molecule has 1 unspecified atom stereocenters. The summed E-state index contributed by atoms with van der Waals surface area (Å²) in [7, 11) is 0. The van der Waals surface area contributed by atoms with Crippen LogP contribution in [0.5, 0.6) is 0 Å². The van der Waals surface area contributed by atoms with E-state index in [4.69, 9.17) is 18.0 Å². The highest BCUT2D eigenvalue weighted by Gasteiger charge is 2.26. The summed E-state index contributed by atoms with van der Waals surface area (Å²) in [6.45, 7) is 4.91. The third kappa shape index (κ3) is 3.23. The number of nitrogens with two attached hydrogens (primary N) is 1. The van der Waals surface area contributed by atoms with E-state index in [0.717, 1.165) is 26.2 Å². The molecule has 102 valence electrons.